The molecule has 0 radical (unpaired) electrons. The monoisotopic (exact) mass is 276 g/mol. The number of carbonyl (C=O) groups is 2. The zero-order chi connectivity index (χ0) is 13.8. The van der Waals surface area contributed by atoms with Gasteiger partial charge in [0.05, 0.1) is 24.1 Å². The van der Waals surface area contributed by atoms with Crippen LogP contribution in [0.25, 0.3) is 0 Å². The number of carboxylic acids is 1. The fraction of sp³-hybridized carbons (Fsp3) is 0.375. The predicted molar refractivity (Wildman–Crippen MR) is 61.1 cm³/mol. The van der Waals surface area contributed by atoms with Gasteiger partial charge in [0.2, 0.25) is 15.9 Å². The van der Waals surface area contributed by atoms with Crippen LogP contribution in [-0.2, 0) is 26.2 Å². The Bertz CT molecular complexity index is 550. The van der Waals surface area contributed by atoms with Crippen molar-refractivity contribution >= 4 is 27.6 Å². The normalized spacial score (nSPS) is 11.1. The molecule has 0 aliphatic heterocycles. The molecule has 4 N–H and O–H groups in total. The number of nitrogens with one attached hydrogen (secondary N) is 1. The Kier molecular flexibility index (Phi) is 4.26. The third kappa shape index (κ3) is 4.82. The van der Waals surface area contributed by atoms with Gasteiger partial charge in [-0.2, -0.15) is 5.10 Å². The molecule has 0 spiro atoms. The number of hydrogen-bond donors (Lipinski definition) is 3. The van der Waals surface area contributed by atoms with E-state index in [1.165, 1.54) is 12.4 Å². The van der Waals surface area contributed by atoms with Crippen LogP contribution < -0.4 is 10.5 Å². The topological polar surface area (TPSA) is 144 Å². The molecule has 1 amide bonds. The van der Waals surface area contributed by atoms with Crippen molar-refractivity contribution in [2.75, 3.05) is 10.5 Å². The maximum absolute atomic E-state index is 11.4. The van der Waals surface area contributed by atoms with Gasteiger partial charge >= 0.3 is 5.97 Å². The second kappa shape index (κ2) is 5.49. The molecule has 1 aromatic heterocycles. The maximum Gasteiger partial charge on any atom is 0.304 e. The minimum Gasteiger partial charge on any atom is -0.481 e. The molecule has 0 atom stereocenters. The minimum atomic E-state index is -3.75. The van der Waals surface area contributed by atoms with Crippen LogP contribution in [0.2, 0.25) is 0 Å². The van der Waals surface area contributed by atoms with Crippen LogP contribution in [0.15, 0.2) is 12.4 Å². The molecule has 10 heteroatoms. The summed E-state index contributed by atoms with van der Waals surface area (Å²) in [6, 6.07) is 0. The highest BCUT2D eigenvalue weighted by molar-refractivity contribution is 7.92. The van der Waals surface area contributed by atoms with Crippen LogP contribution >= 0.6 is 0 Å². The van der Waals surface area contributed by atoms with Crippen molar-refractivity contribution in [1.29, 1.82) is 0 Å². The summed E-state index contributed by atoms with van der Waals surface area (Å²) in [4.78, 5) is 20.9. The summed E-state index contributed by atoms with van der Waals surface area (Å²) < 4.78 is 26.2. The molecule has 9 nitrogen and oxygen atoms in total. The van der Waals surface area contributed by atoms with Crippen LogP contribution in [0, 0.1) is 0 Å². The molecule has 0 unspecified atom stereocenters. The molecule has 0 aromatic carbocycles. The van der Waals surface area contributed by atoms with Gasteiger partial charge in [-0.05, 0) is 0 Å². The molecular weight excluding hydrogens is 264 g/mol. The summed E-state index contributed by atoms with van der Waals surface area (Å²) in [5.74, 6) is -2.35. The van der Waals surface area contributed by atoms with Crippen LogP contribution in [0.5, 0.6) is 0 Å². The highest BCUT2D eigenvalue weighted by Gasteiger charge is 2.14. The number of anilines is 1. The van der Waals surface area contributed by atoms with Gasteiger partial charge in [-0.15, -0.1) is 0 Å². The summed E-state index contributed by atoms with van der Waals surface area (Å²) in [6.07, 6.45) is 1.98. The fourth-order valence-corrected chi connectivity index (χ4v) is 2.12. The van der Waals surface area contributed by atoms with Gasteiger partial charge in [0.15, 0.2) is 0 Å². The van der Waals surface area contributed by atoms with Crippen LogP contribution in [0.4, 0.5) is 5.69 Å². The van der Waals surface area contributed by atoms with Gasteiger partial charge in [0.25, 0.3) is 0 Å². The number of hydrogen-bond acceptors (Lipinski definition) is 5. The van der Waals surface area contributed by atoms with Crippen LogP contribution in [0.3, 0.4) is 0 Å². The van der Waals surface area contributed by atoms with E-state index in [1.54, 1.807) is 0 Å². The standard InChI is InChI=1S/C8H12N4O5S/c9-7(13)5-12-4-6(3-10-12)11-18(16,17)2-1-8(14)15/h3-4,11H,1-2,5H2,(H2,9,13)(H,14,15). The van der Waals surface area contributed by atoms with Gasteiger partial charge in [0.1, 0.15) is 6.54 Å². The Morgan fingerprint density at radius 1 is 1.50 bits per heavy atom. The van der Waals surface area contributed by atoms with E-state index in [4.69, 9.17) is 10.8 Å². The lowest BCUT2D eigenvalue weighted by Gasteiger charge is -2.03. The number of nitrogens with two attached hydrogens (primary N) is 1. The van der Waals surface area contributed by atoms with Crippen LogP contribution in [-0.4, -0.2) is 40.9 Å². The average Bonchev–Trinajstić information content (AvgIpc) is 2.61. The van der Waals surface area contributed by atoms with E-state index >= 15 is 0 Å². The number of aliphatic carboxylic acids is 1. The number of nitrogens with zero attached hydrogens (tertiary/aromatic N) is 2. The second-order valence-electron chi connectivity index (χ2n) is 3.46. The van der Waals surface area contributed by atoms with Crippen molar-refractivity contribution in [2.24, 2.45) is 5.73 Å². The Labute approximate surface area is 103 Å². The molecule has 18 heavy (non-hydrogen) atoms. The molecule has 1 heterocycles. The fourth-order valence-electron chi connectivity index (χ4n) is 1.11. The van der Waals surface area contributed by atoms with Gasteiger partial charge in [-0.1, -0.05) is 0 Å². The van der Waals surface area contributed by atoms with Gasteiger partial charge in [0, 0.05) is 6.20 Å². The summed E-state index contributed by atoms with van der Waals surface area (Å²) in [7, 11) is -3.75. The average molecular weight is 276 g/mol. The summed E-state index contributed by atoms with van der Waals surface area (Å²) in [6.45, 7) is -0.170. The molecule has 0 bridgehead atoms. The number of rotatable bonds is 7. The molecule has 1 aromatic rings. The Balaban J connectivity index is 2.64. The number of sulfonamides is 1. The first-order chi connectivity index (χ1) is 8.28. The van der Waals surface area contributed by atoms with E-state index in [1.807, 2.05) is 0 Å². The molecular formula is C8H12N4O5S. The predicted octanol–water partition coefficient (Wildman–Crippen LogP) is -1.42. The molecule has 0 saturated carbocycles. The molecule has 1 rings (SSSR count). The molecule has 0 saturated heterocycles. The number of aromatic nitrogens is 2. The Morgan fingerprint density at radius 3 is 2.72 bits per heavy atom. The van der Waals surface area contributed by atoms with Crippen molar-refractivity contribution in [3.63, 3.8) is 0 Å². The lowest BCUT2D eigenvalue weighted by atomic mass is 10.5. The third-order valence-electron chi connectivity index (χ3n) is 1.81. The first kappa shape index (κ1) is 14.0. The van der Waals surface area contributed by atoms with Crippen molar-refractivity contribution in [2.45, 2.75) is 13.0 Å². The molecule has 0 aliphatic carbocycles. The summed E-state index contributed by atoms with van der Waals surface area (Å²) in [5, 5.41) is 12.1. The first-order valence-corrected chi connectivity index (χ1v) is 6.47. The third-order valence-corrected chi connectivity index (χ3v) is 3.10. The molecule has 0 fully saturated rings. The van der Waals surface area contributed by atoms with E-state index in [0.29, 0.717) is 0 Å². The lowest BCUT2D eigenvalue weighted by Crippen LogP contribution is -2.19. The maximum atomic E-state index is 11.4. The smallest absolute Gasteiger partial charge is 0.304 e. The zero-order valence-electron chi connectivity index (χ0n) is 9.24. The van der Waals surface area contributed by atoms with E-state index in [9.17, 15) is 18.0 Å². The lowest BCUT2D eigenvalue weighted by molar-refractivity contribution is -0.136. The van der Waals surface area contributed by atoms with Crippen molar-refractivity contribution in [3.05, 3.63) is 12.4 Å². The quantitative estimate of drug-likeness (QED) is 0.557. The number of carbonyl (C=O) groups excluding carboxylic acids is 1. The van der Waals surface area contributed by atoms with Crippen molar-refractivity contribution in [1.82, 2.24) is 9.78 Å². The van der Waals surface area contributed by atoms with Gasteiger partial charge < -0.3 is 10.8 Å². The van der Waals surface area contributed by atoms with E-state index in [-0.39, 0.29) is 12.2 Å². The van der Waals surface area contributed by atoms with E-state index in [0.717, 1.165) is 4.68 Å². The minimum absolute atomic E-state index is 0.140. The molecule has 100 valence electrons. The number of primary amides is 1. The van der Waals surface area contributed by atoms with Crippen molar-refractivity contribution < 1.29 is 23.1 Å². The largest absolute Gasteiger partial charge is 0.481 e. The highest BCUT2D eigenvalue weighted by Crippen LogP contribution is 2.08. The van der Waals surface area contributed by atoms with Crippen molar-refractivity contribution in [3.8, 4) is 0 Å². The summed E-state index contributed by atoms with van der Waals surface area (Å²) in [5.41, 5.74) is 5.08. The van der Waals surface area contributed by atoms with Crippen LogP contribution in [0.1, 0.15) is 6.42 Å². The van der Waals surface area contributed by atoms with E-state index in [2.05, 4.69) is 9.82 Å². The summed E-state index contributed by atoms with van der Waals surface area (Å²) >= 11 is 0. The second-order valence-corrected chi connectivity index (χ2v) is 5.30. The van der Waals surface area contributed by atoms with Gasteiger partial charge in [-0.25, -0.2) is 8.42 Å². The number of amides is 1. The number of carboxylic acid groups (broad SMARTS) is 1. The highest BCUT2D eigenvalue weighted by atomic mass is 32.2. The first-order valence-electron chi connectivity index (χ1n) is 4.81. The van der Waals surface area contributed by atoms with E-state index < -0.39 is 34.1 Å². The Morgan fingerprint density at radius 2 is 2.17 bits per heavy atom. The van der Waals surface area contributed by atoms with Gasteiger partial charge in [-0.3, -0.25) is 19.0 Å². The SMILES string of the molecule is NC(=O)Cn1cc(NS(=O)(=O)CCC(=O)O)cn1. The zero-order valence-corrected chi connectivity index (χ0v) is 10.1. The Hall–Kier alpha value is -2.10. The molecule has 0 aliphatic rings.